The Labute approximate surface area is 120 Å². The fourth-order valence-electron chi connectivity index (χ4n) is 2.22. The molecule has 0 saturated heterocycles. The summed E-state index contributed by atoms with van der Waals surface area (Å²) in [5.41, 5.74) is 3.36. The Kier molecular flexibility index (Phi) is 3.37. The summed E-state index contributed by atoms with van der Waals surface area (Å²) in [7, 11) is 1.65. The molecule has 106 valence electrons. The minimum Gasteiger partial charge on any atom is -0.380 e. The Hall–Kier alpha value is -2.73. The zero-order valence-electron chi connectivity index (χ0n) is 11.4. The van der Waals surface area contributed by atoms with Crippen LogP contribution in [0.5, 0.6) is 0 Å². The number of nitro groups is 1. The lowest BCUT2D eigenvalue weighted by Gasteiger charge is -2.01. The number of hydrogen-bond acceptors (Lipinski definition) is 4. The number of nitro benzene ring substituents is 1. The van der Waals surface area contributed by atoms with Crippen LogP contribution in [0.25, 0.3) is 22.4 Å². The van der Waals surface area contributed by atoms with E-state index in [2.05, 4.69) is 9.97 Å². The first kappa shape index (κ1) is 13.3. The maximum Gasteiger partial charge on any atom is 0.271 e. The van der Waals surface area contributed by atoms with Gasteiger partial charge in [0.15, 0.2) is 0 Å². The second-order valence-corrected chi connectivity index (χ2v) is 4.68. The summed E-state index contributed by atoms with van der Waals surface area (Å²) in [6.45, 7) is 0.527. The third-order valence-corrected chi connectivity index (χ3v) is 3.19. The first-order valence-corrected chi connectivity index (χ1v) is 6.40. The van der Waals surface area contributed by atoms with Gasteiger partial charge in [0, 0.05) is 24.8 Å². The van der Waals surface area contributed by atoms with Gasteiger partial charge in [-0.2, -0.15) is 0 Å². The molecule has 6 nitrogen and oxygen atoms in total. The molecular weight excluding hydrogens is 270 g/mol. The minimum absolute atomic E-state index is 0.0471. The van der Waals surface area contributed by atoms with Crippen molar-refractivity contribution in [3.05, 3.63) is 58.1 Å². The highest BCUT2D eigenvalue weighted by molar-refractivity contribution is 5.81. The Bertz CT molecular complexity index is 811. The first-order chi connectivity index (χ1) is 10.2. The van der Waals surface area contributed by atoms with Gasteiger partial charge < -0.3 is 9.72 Å². The zero-order valence-corrected chi connectivity index (χ0v) is 11.4. The highest BCUT2D eigenvalue weighted by Gasteiger charge is 2.10. The number of rotatable bonds is 4. The lowest BCUT2D eigenvalue weighted by Crippen LogP contribution is -1.88. The topological polar surface area (TPSA) is 81.1 Å². The van der Waals surface area contributed by atoms with Gasteiger partial charge in [-0.15, -0.1) is 0 Å². The second kappa shape index (κ2) is 5.34. The van der Waals surface area contributed by atoms with Crippen molar-refractivity contribution in [3.8, 4) is 11.4 Å². The van der Waals surface area contributed by atoms with Gasteiger partial charge in [0.1, 0.15) is 5.82 Å². The summed E-state index contributed by atoms with van der Waals surface area (Å²) >= 11 is 0. The number of aromatic amines is 1. The second-order valence-electron chi connectivity index (χ2n) is 4.68. The highest BCUT2D eigenvalue weighted by Crippen LogP contribution is 2.24. The first-order valence-electron chi connectivity index (χ1n) is 6.40. The van der Waals surface area contributed by atoms with Gasteiger partial charge in [-0.05, 0) is 17.7 Å². The molecule has 0 spiro atoms. The minimum atomic E-state index is -0.417. The maximum absolute atomic E-state index is 10.8. The van der Waals surface area contributed by atoms with Gasteiger partial charge in [-0.25, -0.2) is 4.98 Å². The van der Waals surface area contributed by atoms with Crippen LogP contribution >= 0.6 is 0 Å². The molecule has 0 unspecified atom stereocenters. The van der Waals surface area contributed by atoms with Gasteiger partial charge in [-0.3, -0.25) is 10.1 Å². The van der Waals surface area contributed by atoms with Crippen LogP contribution in [0.2, 0.25) is 0 Å². The number of imidazole rings is 1. The van der Waals surface area contributed by atoms with Crippen LogP contribution in [0.15, 0.2) is 42.5 Å². The van der Waals surface area contributed by atoms with E-state index in [0.29, 0.717) is 23.5 Å². The van der Waals surface area contributed by atoms with Crippen molar-refractivity contribution in [1.29, 1.82) is 0 Å². The smallest absolute Gasteiger partial charge is 0.271 e. The third-order valence-electron chi connectivity index (χ3n) is 3.19. The number of nitrogens with one attached hydrogen (secondary N) is 1. The number of H-pyrrole nitrogens is 1. The Morgan fingerprint density at radius 2 is 2.14 bits per heavy atom. The van der Waals surface area contributed by atoms with Crippen LogP contribution in [-0.2, 0) is 11.3 Å². The molecule has 6 heteroatoms. The zero-order chi connectivity index (χ0) is 14.8. The number of non-ortho nitro benzene ring substituents is 1. The molecule has 3 rings (SSSR count). The molecule has 0 aliphatic heterocycles. The number of benzene rings is 2. The summed E-state index contributed by atoms with van der Waals surface area (Å²) < 4.78 is 5.11. The van der Waals surface area contributed by atoms with E-state index in [1.165, 1.54) is 12.1 Å². The van der Waals surface area contributed by atoms with Gasteiger partial charge in [0.2, 0.25) is 0 Å². The molecule has 1 N–H and O–H groups in total. The molecule has 1 heterocycles. The summed E-state index contributed by atoms with van der Waals surface area (Å²) in [5.74, 6) is 0.684. The van der Waals surface area contributed by atoms with Crippen molar-refractivity contribution in [1.82, 2.24) is 9.97 Å². The third kappa shape index (κ3) is 2.61. The molecule has 0 aliphatic rings. The van der Waals surface area contributed by atoms with Crippen molar-refractivity contribution in [3.63, 3.8) is 0 Å². The molecule has 0 fully saturated rings. The summed E-state index contributed by atoms with van der Waals surface area (Å²) in [6, 6.07) is 12.4. The normalized spacial score (nSPS) is 10.9. The molecule has 0 atom stereocenters. The number of methoxy groups -OCH3 is 1. The fourth-order valence-corrected chi connectivity index (χ4v) is 2.22. The Morgan fingerprint density at radius 1 is 1.29 bits per heavy atom. The maximum atomic E-state index is 10.8. The van der Waals surface area contributed by atoms with E-state index >= 15 is 0 Å². The standard InChI is InChI=1S/C15H13N3O3/c1-21-9-10-3-2-4-11(7-10)15-16-13-6-5-12(18(19)20)8-14(13)17-15/h2-8H,9H2,1H3,(H,16,17). The Morgan fingerprint density at radius 3 is 2.90 bits per heavy atom. The van der Waals surface area contributed by atoms with Gasteiger partial charge in [-0.1, -0.05) is 18.2 Å². The highest BCUT2D eigenvalue weighted by atomic mass is 16.6. The number of hydrogen-bond donors (Lipinski definition) is 1. The van der Waals surface area contributed by atoms with Crippen LogP contribution in [0.4, 0.5) is 5.69 Å². The fraction of sp³-hybridized carbons (Fsp3) is 0.133. The predicted molar refractivity (Wildman–Crippen MR) is 78.9 cm³/mol. The van der Waals surface area contributed by atoms with Crippen LogP contribution in [0, 0.1) is 10.1 Å². The van der Waals surface area contributed by atoms with Crippen molar-refractivity contribution in [2.24, 2.45) is 0 Å². The average Bonchev–Trinajstić information content (AvgIpc) is 2.91. The van der Waals surface area contributed by atoms with Gasteiger partial charge >= 0.3 is 0 Å². The van der Waals surface area contributed by atoms with Crippen molar-refractivity contribution in [2.45, 2.75) is 6.61 Å². The van der Waals surface area contributed by atoms with Gasteiger partial charge in [0.05, 0.1) is 22.6 Å². The molecule has 0 saturated carbocycles. The molecule has 21 heavy (non-hydrogen) atoms. The number of fused-ring (bicyclic) bond motifs is 1. The average molecular weight is 283 g/mol. The van der Waals surface area contributed by atoms with Crippen LogP contribution in [0.1, 0.15) is 5.56 Å². The van der Waals surface area contributed by atoms with Crippen molar-refractivity contribution >= 4 is 16.7 Å². The van der Waals surface area contributed by atoms with E-state index in [1.54, 1.807) is 13.2 Å². The van der Waals surface area contributed by atoms with Crippen LogP contribution in [-0.4, -0.2) is 22.0 Å². The lowest BCUT2D eigenvalue weighted by molar-refractivity contribution is -0.384. The van der Waals surface area contributed by atoms with E-state index < -0.39 is 4.92 Å². The lowest BCUT2D eigenvalue weighted by atomic mass is 10.1. The SMILES string of the molecule is COCc1cccc(-c2nc3ccc([N+](=O)[O-])cc3[nH]2)c1. The predicted octanol–water partition coefficient (Wildman–Crippen LogP) is 3.28. The van der Waals surface area contributed by atoms with Gasteiger partial charge in [0.25, 0.3) is 5.69 Å². The van der Waals surface area contributed by atoms with E-state index in [9.17, 15) is 10.1 Å². The molecule has 0 radical (unpaired) electrons. The quantitative estimate of drug-likeness (QED) is 0.588. The van der Waals surface area contributed by atoms with Crippen molar-refractivity contribution < 1.29 is 9.66 Å². The molecule has 0 aliphatic carbocycles. The number of nitrogens with zero attached hydrogens (tertiary/aromatic N) is 2. The van der Waals surface area contributed by atoms with E-state index in [4.69, 9.17) is 4.74 Å². The number of ether oxygens (including phenoxy) is 1. The number of aromatic nitrogens is 2. The summed E-state index contributed by atoms with van der Waals surface area (Å²) in [6.07, 6.45) is 0. The molecule has 1 aromatic heterocycles. The molecule has 0 bridgehead atoms. The summed E-state index contributed by atoms with van der Waals surface area (Å²) in [4.78, 5) is 18.0. The van der Waals surface area contributed by atoms with E-state index in [1.807, 2.05) is 24.3 Å². The summed E-state index contributed by atoms with van der Waals surface area (Å²) in [5, 5.41) is 10.8. The molecule has 2 aromatic carbocycles. The monoisotopic (exact) mass is 283 g/mol. The molecule has 3 aromatic rings. The Balaban J connectivity index is 2.04. The largest absolute Gasteiger partial charge is 0.380 e. The van der Waals surface area contributed by atoms with Crippen LogP contribution < -0.4 is 0 Å². The molecular formula is C15H13N3O3. The van der Waals surface area contributed by atoms with Crippen LogP contribution in [0.3, 0.4) is 0 Å². The van der Waals surface area contributed by atoms with Crippen molar-refractivity contribution in [2.75, 3.05) is 7.11 Å². The van der Waals surface area contributed by atoms with E-state index in [-0.39, 0.29) is 5.69 Å². The van der Waals surface area contributed by atoms with E-state index in [0.717, 1.165) is 11.1 Å². The molecule has 0 amide bonds.